The van der Waals surface area contributed by atoms with Crippen molar-refractivity contribution >= 4 is 34.2 Å². The SMILES string of the molecule is CNCC1CCCN(C(=O)c2cc(Br)cc(OC(C)C)c2)C1.Cl. The second-order valence-corrected chi connectivity index (χ2v) is 7.07. The van der Waals surface area contributed by atoms with Gasteiger partial charge in [-0.25, -0.2) is 0 Å². The number of halogens is 2. The fourth-order valence-electron chi connectivity index (χ4n) is 2.91. The highest BCUT2D eigenvalue weighted by atomic mass is 79.9. The lowest BCUT2D eigenvalue weighted by Crippen LogP contribution is -2.42. The van der Waals surface area contributed by atoms with Crippen LogP contribution in [-0.4, -0.2) is 43.6 Å². The summed E-state index contributed by atoms with van der Waals surface area (Å²) in [6, 6.07) is 5.61. The molecular formula is C17H26BrClN2O2. The van der Waals surface area contributed by atoms with Crippen LogP contribution in [0.1, 0.15) is 37.0 Å². The van der Waals surface area contributed by atoms with Crippen molar-refractivity contribution in [1.29, 1.82) is 0 Å². The highest BCUT2D eigenvalue weighted by Crippen LogP contribution is 2.25. The van der Waals surface area contributed by atoms with Gasteiger partial charge in [-0.3, -0.25) is 4.79 Å². The fourth-order valence-corrected chi connectivity index (χ4v) is 3.39. The largest absolute Gasteiger partial charge is 0.491 e. The van der Waals surface area contributed by atoms with Gasteiger partial charge in [0.1, 0.15) is 5.75 Å². The maximum atomic E-state index is 12.8. The highest BCUT2D eigenvalue weighted by molar-refractivity contribution is 9.10. The second kappa shape index (κ2) is 9.50. The number of amides is 1. The number of nitrogens with zero attached hydrogens (tertiary/aromatic N) is 1. The van der Waals surface area contributed by atoms with Crippen molar-refractivity contribution in [1.82, 2.24) is 10.2 Å². The average molecular weight is 406 g/mol. The molecule has 0 aromatic heterocycles. The number of hydrogen-bond donors (Lipinski definition) is 1. The minimum absolute atomic E-state index is 0. The fraction of sp³-hybridized carbons (Fsp3) is 0.588. The van der Waals surface area contributed by atoms with Crippen molar-refractivity contribution in [3.8, 4) is 5.75 Å². The molecule has 1 heterocycles. The van der Waals surface area contributed by atoms with Crippen LogP contribution in [0.25, 0.3) is 0 Å². The predicted molar refractivity (Wildman–Crippen MR) is 99.7 cm³/mol. The first kappa shape index (κ1) is 20.3. The molecular weight excluding hydrogens is 380 g/mol. The molecule has 0 saturated carbocycles. The number of carbonyl (C=O) groups is 1. The van der Waals surface area contributed by atoms with Gasteiger partial charge < -0.3 is 15.0 Å². The summed E-state index contributed by atoms with van der Waals surface area (Å²) in [5.74, 6) is 1.37. The maximum Gasteiger partial charge on any atom is 0.254 e. The number of likely N-dealkylation sites (tertiary alicyclic amines) is 1. The number of hydrogen-bond acceptors (Lipinski definition) is 3. The number of rotatable bonds is 5. The summed E-state index contributed by atoms with van der Waals surface area (Å²) >= 11 is 3.47. The molecule has 1 aromatic rings. The Morgan fingerprint density at radius 2 is 2.17 bits per heavy atom. The standard InChI is InChI=1S/C17H25BrN2O2.ClH/c1-12(2)22-16-8-14(7-15(18)9-16)17(21)20-6-4-5-13(11-20)10-19-3;/h7-9,12-13,19H,4-6,10-11H2,1-3H3;1H. The second-order valence-electron chi connectivity index (χ2n) is 6.16. The third-order valence-electron chi connectivity index (χ3n) is 3.79. The van der Waals surface area contributed by atoms with Gasteiger partial charge in [-0.15, -0.1) is 12.4 Å². The Bertz CT molecular complexity index is 523. The van der Waals surface area contributed by atoms with E-state index in [0.29, 0.717) is 11.5 Å². The summed E-state index contributed by atoms with van der Waals surface area (Å²) in [4.78, 5) is 14.7. The Hall–Kier alpha value is -0.780. The summed E-state index contributed by atoms with van der Waals surface area (Å²) in [5.41, 5.74) is 0.690. The van der Waals surface area contributed by atoms with Gasteiger partial charge in [0.15, 0.2) is 0 Å². The first-order valence-electron chi connectivity index (χ1n) is 7.90. The van der Waals surface area contributed by atoms with Gasteiger partial charge in [-0.2, -0.15) is 0 Å². The van der Waals surface area contributed by atoms with Gasteiger partial charge in [0.05, 0.1) is 6.10 Å². The van der Waals surface area contributed by atoms with Gasteiger partial charge in [-0.1, -0.05) is 15.9 Å². The highest BCUT2D eigenvalue weighted by Gasteiger charge is 2.24. The third kappa shape index (κ3) is 5.98. The molecule has 1 N–H and O–H groups in total. The number of nitrogens with one attached hydrogen (secondary N) is 1. The molecule has 1 fully saturated rings. The normalized spacial score (nSPS) is 17.8. The van der Waals surface area contributed by atoms with Gasteiger partial charge in [0, 0.05) is 23.1 Å². The molecule has 1 aliphatic heterocycles. The Morgan fingerprint density at radius 3 is 2.83 bits per heavy atom. The van der Waals surface area contributed by atoms with E-state index >= 15 is 0 Å². The number of carbonyl (C=O) groups excluding carboxylic acids is 1. The van der Waals surface area contributed by atoms with Crippen LogP contribution in [0.15, 0.2) is 22.7 Å². The predicted octanol–water partition coefficient (Wildman–Crippen LogP) is 3.73. The van der Waals surface area contributed by atoms with E-state index in [1.165, 1.54) is 6.42 Å². The smallest absolute Gasteiger partial charge is 0.254 e. The van der Waals surface area contributed by atoms with Gasteiger partial charge in [-0.05, 0) is 64.4 Å². The Morgan fingerprint density at radius 1 is 1.43 bits per heavy atom. The van der Waals surface area contributed by atoms with Crippen LogP contribution in [0.5, 0.6) is 5.75 Å². The zero-order chi connectivity index (χ0) is 16.1. The zero-order valence-electron chi connectivity index (χ0n) is 14.0. The molecule has 4 nitrogen and oxygen atoms in total. The molecule has 23 heavy (non-hydrogen) atoms. The zero-order valence-corrected chi connectivity index (χ0v) is 16.4. The van der Waals surface area contributed by atoms with Crippen LogP contribution >= 0.6 is 28.3 Å². The van der Waals surface area contributed by atoms with E-state index < -0.39 is 0 Å². The number of benzene rings is 1. The maximum absolute atomic E-state index is 12.8. The molecule has 0 bridgehead atoms. The summed E-state index contributed by atoms with van der Waals surface area (Å²) in [6.45, 7) is 6.59. The molecule has 1 aliphatic rings. The van der Waals surface area contributed by atoms with E-state index in [0.717, 1.165) is 36.3 Å². The van der Waals surface area contributed by atoms with E-state index in [1.54, 1.807) is 0 Å². The lowest BCUT2D eigenvalue weighted by Gasteiger charge is -2.33. The summed E-state index contributed by atoms with van der Waals surface area (Å²) in [7, 11) is 1.96. The molecule has 6 heteroatoms. The van der Waals surface area contributed by atoms with Crippen molar-refractivity contribution in [2.45, 2.75) is 32.8 Å². The molecule has 0 aliphatic carbocycles. The molecule has 0 spiro atoms. The van der Waals surface area contributed by atoms with Crippen LogP contribution in [0.2, 0.25) is 0 Å². The van der Waals surface area contributed by atoms with Crippen molar-refractivity contribution in [2.75, 3.05) is 26.7 Å². The van der Waals surface area contributed by atoms with Crippen LogP contribution in [0.3, 0.4) is 0 Å². The topological polar surface area (TPSA) is 41.6 Å². The molecule has 1 atom stereocenters. The average Bonchev–Trinajstić information content (AvgIpc) is 2.46. The van der Waals surface area contributed by atoms with Crippen molar-refractivity contribution in [3.63, 3.8) is 0 Å². The van der Waals surface area contributed by atoms with Crippen molar-refractivity contribution in [3.05, 3.63) is 28.2 Å². The van der Waals surface area contributed by atoms with E-state index in [2.05, 4.69) is 21.2 Å². The van der Waals surface area contributed by atoms with Crippen LogP contribution in [-0.2, 0) is 0 Å². The van der Waals surface area contributed by atoms with Gasteiger partial charge in [0.25, 0.3) is 5.91 Å². The monoisotopic (exact) mass is 404 g/mol. The minimum atomic E-state index is 0. The molecule has 1 aromatic carbocycles. The Kier molecular flexibility index (Phi) is 8.37. The lowest BCUT2D eigenvalue weighted by molar-refractivity contribution is 0.0673. The first-order chi connectivity index (χ1) is 10.5. The third-order valence-corrected chi connectivity index (χ3v) is 4.25. The van der Waals surface area contributed by atoms with Gasteiger partial charge >= 0.3 is 0 Å². The quantitative estimate of drug-likeness (QED) is 0.811. The summed E-state index contributed by atoms with van der Waals surface area (Å²) in [6.07, 6.45) is 2.35. The molecule has 130 valence electrons. The van der Waals surface area contributed by atoms with E-state index in [9.17, 15) is 4.79 Å². The molecule has 1 unspecified atom stereocenters. The van der Waals surface area contributed by atoms with E-state index in [4.69, 9.17) is 4.74 Å². The van der Waals surface area contributed by atoms with E-state index in [1.807, 2.05) is 44.0 Å². The lowest BCUT2D eigenvalue weighted by atomic mass is 9.97. The Labute approximate surface area is 153 Å². The molecule has 1 saturated heterocycles. The number of piperidine rings is 1. The van der Waals surface area contributed by atoms with E-state index in [-0.39, 0.29) is 24.4 Å². The van der Waals surface area contributed by atoms with Crippen LogP contribution in [0, 0.1) is 5.92 Å². The number of ether oxygens (including phenoxy) is 1. The molecule has 2 rings (SSSR count). The minimum Gasteiger partial charge on any atom is -0.491 e. The van der Waals surface area contributed by atoms with Crippen LogP contribution in [0.4, 0.5) is 0 Å². The van der Waals surface area contributed by atoms with Crippen molar-refractivity contribution in [2.24, 2.45) is 5.92 Å². The first-order valence-corrected chi connectivity index (χ1v) is 8.70. The van der Waals surface area contributed by atoms with Gasteiger partial charge in [0.2, 0.25) is 0 Å². The van der Waals surface area contributed by atoms with Crippen LogP contribution < -0.4 is 10.1 Å². The molecule has 1 amide bonds. The summed E-state index contributed by atoms with van der Waals surface area (Å²) < 4.78 is 6.60. The Balaban J connectivity index is 0.00000264. The van der Waals surface area contributed by atoms with Crippen molar-refractivity contribution < 1.29 is 9.53 Å². The molecule has 0 radical (unpaired) electrons. The summed E-state index contributed by atoms with van der Waals surface area (Å²) in [5, 5.41) is 3.21.